The predicted molar refractivity (Wildman–Crippen MR) is 112 cm³/mol. The van der Waals surface area contributed by atoms with E-state index >= 15 is 0 Å². The van der Waals surface area contributed by atoms with Crippen LogP contribution in [0.15, 0.2) is 59.3 Å². The lowest BCUT2D eigenvalue weighted by atomic mass is 9.94. The van der Waals surface area contributed by atoms with Crippen molar-refractivity contribution >= 4 is 5.91 Å². The first-order chi connectivity index (χ1) is 14.7. The molecular weight excluding hydrogens is 380 g/mol. The van der Waals surface area contributed by atoms with Crippen molar-refractivity contribution in [2.24, 2.45) is 0 Å². The number of nitrogens with one attached hydrogen (secondary N) is 1. The van der Waals surface area contributed by atoms with Crippen LogP contribution in [0.1, 0.15) is 46.3 Å². The van der Waals surface area contributed by atoms with E-state index in [0.29, 0.717) is 6.54 Å². The van der Waals surface area contributed by atoms with Gasteiger partial charge in [0.25, 0.3) is 5.91 Å². The maximum Gasteiger partial charge on any atom is 0.290 e. The molecule has 0 bridgehead atoms. The molecule has 1 fully saturated rings. The molecule has 0 radical (unpaired) electrons. The minimum atomic E-state index is -0.266. The molecule has 3 heterocycles. The molecule has 1 N–H and O–H groups in total. The number of methoxy groups -OCH3 is 1. The number of hydrogen-bond acceptors (Lipinski definition) is 6. The highest BCUT2D eigenvalue weighted by atomic mass is 16.5. The van der Waals surface area contributed by atoms with Crippen molar-refractivity contribution in [3.8, 4) is 5.75 Å². The largest absolute Gasteiger partial charge is 0.497 e. The summed E-state index contributed by atoms with van der Waals surface area (Å²) in [4.78, 5) is 19.3. The number of nitrogens with zero attached hydrogens (tertiary/aromatic N) is 3. The number of rotatable bonds is 7. The van der Waals surface area contributed by atoms with E-state index in [2.05, 4.69) is 20.4 Å². The number of pyridine rings is 1. The number of carbonyl (C=O) groups is 1. The van der Waals surface area contributed by atoms with E-state index < -0.39 is 0 Å². The standard InChI is InChI=1S/C23H26N4O3/c1-29-20-9-4-6-17(12-20)14-25-23(28)22-13-21(26-30-22)18-7-5-11-27(15-18)16-19-8-2-3-10-24-19/h2-4,6,8-10,12-13,18H,5,7,11,14-16H2,1H3,(H,25,28)/t18-/m1/s1. The van der Waals surface area contributed by atoms with Gasteiger partial charge in [-0.15, -0.1) is 0 Å². The number of likely N-dealkylation sites (tertiary alicyclic amines) is 1. The van der Waals surface area contributed by atoms with Gasteiger partial charge in [0.15, 0.2) is 0 Å². The zero-order chi connectivity index (χ0) is 20.8. The first-order valence-corrected chi connectivity index (χ1v) is 10.2. The zero-order valence-corrected chi connectivity index (χ0v) is 17.1. The average molecular weight is 406 g/mol. The van der Waals surface area contributed by atoms with Gasteiger partial charge in [-0.25, -0.2) is 0 Å². The Morgan fingerprint density at radius 1 is 1.27 bits per heavy atom. The van der Waals surface area contributed by atoms with Gasteiger partial charge in [-0.1, -0.05) is 23.4 Å². The van der Waals surface area contributed by atoms with E-state index in [0.717, 1.165) is 55.2 Å². The van der Waals surface area contributed by atoms with Gasteiger partial charge in [0.1, 0.15) is 5.75 Å². The highest BCUT2D eigenvalue weighted by molar-refractivity contribution is 5.91. The summed E-state index contributed by atoms with van der Waals surface area (Å²) in [6.45, 7) is 3.14. The van der Waals surface area contributed by atoms with E-state index in [1.165, 1.54) is 0 Å². The normalized spacial score (nSPS) is 16.9. The molecule has 30 heavy (non-hydrogen) atoms. The number of ether oxygens (including phenoxy) is 1. The lowest BCUT2D eigenvalue weighted by Gasteiger charge is -2.31. The molecule has 156 valence electrons. The number of amides is 1. The van der Waals surface area contributed by atoms with Gasteiger partial charge in [0.05, 0.1) is 18.5 Å². The minimum absolute atomic E-state index is 0.245. The fourth-order valence-electron chi connectivity index (χ4n) is 3.80. The summed E-state index contributed by atoms with van der Waals surface area (Å²) in [5, 5.41) is 7.06. The van der Waals surface area contributed by atoms with Gasteiger partial charge in [-0.2, -0.15) is 0 Å². The van der Waals surface area contributed by atoms with Crippen LogP contribution < -0.4 is 10.1 Å². The molecule has 4 rings (SSSR count). The highest BCUT2D eigenvalue weighted by Crippen LogP contribution is 2.27. The predicted octanol–water partition coefficient (Wildman–Crippen LogP) is 3.39. The number of benzene rings is 1. The van der Waals surface area contributed by atoms with E-state index in [1.54, 1.807) is 13.2 Å². The highest BCUT2D eigenvalue weighted by Gasteiger charge is 2.25. The summed E-state index contributed by atoms with van der Waals surface area (Å²) < 4.78 is 10.6. The third kappa shape index (κ3) is 5.04. The van der Waals surface area contributed by atoms with Crippen molar-refractivity contribution in [2.45, 2.75) is 31.8 Å². The first kappa shape index (κ1) is 20.1. The maximum atomic E-state index is 12.5. The van der Waals surface area contributed by atoms with Crippen LogP contribution >= 0.6 is 0 Å². The lowest BCUT2D eigenvalue weighted by Crippen LogP contribution is -2.34. The molecule has 0 aliphatic carbocycles. The fraction of sp³-hybridized carbons (Fsp3) is 0.348. The molecule has 1 amide bonds. The summed E-state index contributed by atoms with van der Waals surface area (Å²) in [5.41, 5.74) is 2.86. The van der Waals surface area contributed by atoms with E-state index in [-0.39, 0.29) is 17.6 Å². The quantitative estimate of drug-likeness (QED) is 0.648. The van der Waals surface area contributed by atoms with Gasteiger partial charge in [-0.3, -0.25) is 14.7 Å². The Balaban J connectivity index is 1.34. The molecule has 3 aromatic rings. The van der Waals surface area contributed by atoms with Crippen molar-refractivity contribution in [3.63, 3.8) is 0 Å². The monoisotopic (exact) mass is 406 g/mol. The smallest absolute Gasteiger partial charge is 0.290 e. The molecule has 7 heteroatoms. The fourth-order valence-corrected chi connectivity index (χ4v) is 3.80. The SMILES string of the molecule is COc1cccc(CNC(=O)c2cc([C@@H]3CCCN(Cc4ccccn4)C3)no2)c1. The van der Waals surface area contributed by atoms with E-state index in [1.807, 2.05) is 48.7 Å². The summed E-state index contributed by atoms with van der Waals surface area (Å²) in [6, 6.07) is 15.4. The van der Waals surface area contributed by atoms with Crippen LogP contribution in [-0.4, -0.2) is 41.1 Å². The van der Waals surface area contributed by atoms with Crippen LogP contribution in [-0.2, 0) is 13.1 Å². The minimum Gasteiger partial charge on any atom is -0.497 e. The summed E-state index contributed by atoms with van der Waals surface area (Å²) in [6.07, 6.45) is 3.95. The Labute approximate surface area is 176 Å². The molecule has 1 aliphatic rings. The number of piperidine rings is 1. The summed E-state index contributed by atoms with van der Waals surface area (Å²) >= 11 is 0. The van der Waals surface area contributed by atoms with Crippen LogP contribution in [0.25, 0.3) is 0 Å². The Morgan fingerprint density at radius 3 is 3.03 bits per heavy atom. The van der Waals surface area contributed by atoms with Crippen LogP contribution in [0.4, 0.5) is 0 Å². The van der Waals surface area contributed by atoms with Crippen molar-refractivity contribution in [1.29, 1.82) is 0 Å². The second kappa shape index (κ2) is 9.54. The zero-order valence-electron chi connectivity index (χ0n) is 17.1. The molecule has 1 saturated heterocycles. The molecule has 2 aromatic heterocycles. The maximum absolute atomic E-state index is 12.5. The number of aromatic nitrogens is 2. The molecule has 0 saturated carbocycles. The molecule has 7 nitrogen and oxygen atoms in total. The molecule has 1 atom stereocenters. The number of carbonyl (C=O) groups excluding carboxylic acids is 1. The van der Waals surface area contributed by atoms with Crippen LogP contribution in [0, 0.1) is 0 Å². The van der Waals surface area contributed by atoms with Crippen LogP contribution in [0.3, 0.4) is 0 Å². The van der Waals surface area contributed by atoms with Gasteiger partial charge >= 0.3 is 0 Å². The van der Waals surface area contributed by atoms with Crippen molar-refractivity contribution in [1.82, 2.24) is 20.4 Å². The third-order valence-electron chi connectivity index (χ3n) is 5.37. The van der Waals surface area contributed by atoms with Crippen LogP contribution in [0.5, 0.6) is 5.75 Å². The average Bonchev–Trinajstić information content (AvgIpc) is 3.29. The molecular formula is C23H26N4O3. The van der Waals surface area contributed by atoms with Crippen molar-refractivity contribution in [2.75, 3.05) is 20.2 Å². The van der Waals surface area contributed by atoms with Gasteiger partial charge in [-0.05, 0) is 49.2 Å². The Morgan fingerprint density at radius 2 is 2.20 bits per heavy atom. The molecule has 1 aromatic carbocycles. The van der Waals surface area contributed by atoms with Crippen LogP contribution in [0.2, 0.25) is 0 Å². The second-order valence-corrected chi connectivity index (χ2v) is 7.55. The van der Waals surface area contributed by atoms with Crippen molar-refractivity contribution in [3.05, 3.63) is 77.4 Å². The first-order valence-electron chi connectivity index (χ1n) is 10.2. The lowest BCUT2D eigenvalue weighted by molar-refractivity contribution is 0.0913. The van der Waals surface area contributed by atoms with E-state index in [9.17, 15) is 4.79 Å². The summed E-state index contributed by atoms with van der Waals surface area (Å²) in [5.74, 6) is 0.995. The molecule has 0 spiro atoms. The third-order valence-corrected chi connectivity index (χ3v) is 5.37. The summed E-state index contributed by atoms with van der Waals surface area (Å²) in [7, 11) is 1.62. The second-order valence-electron chi connectivity index (χ2n) is 7.55. The van der Waals surface area contributed by atoms with Crippen molar-refractivity contribution < 1.29 is 14.1 Å². The Bertz CT molecular complexity index is 973. The van der Waals surface area contributed by atoms with Gasteiger partial charge < -0.3 is 14.6 Å². The van der Waals surface area contributed by atoms with E-state index in [4.69, 9.17) is 9.26 Å². The Hall–Kier alpha value is -3.19. The Kier molecular flexibility index (Phi) is 6.39. The topological polar surface area (TPSA) is 80.5 Å². The van der Waals surface area contributed by atoms with Gasteiger partial charge in [0.2, 0.25) is 5.76 Å². The number of hydrogen-bond donors (Lipinski definition) is 1. The molecule has 1 aliphatic heterocycles. The molecule has 0 unspecified atom stereocenters. The van der Waals surface area contributed by atoms with Gasteiger partial charge in [0, 0.05) is 37.8 Å².